The Morgan fingerprint density at radius 3 is 2.36 bits per heavy atom. The summed E-state index contributed by atoms with van der Waals surface area (Å²) in [4.78, 5) is 0. The molecule has 0 saturated carbocycles. The first-order valence-corrected chi connectivity index (χ1v) is 7.56. The van der Waals surface area contributed by atoms with Crippen molar-refractivity contribution < 1.29 is 5.11 Å². The number of fused-ring (bicyclic) bond motifs is 3. The third-order valence-electron chi connectivity index (χ3n) is 4.05. The van der Waals surface area contributed by atoms with Crippen LogP contribution in [0, 0.1) is 0 Å². The normalized spacial score (nSPS) is 11.3. The zero-order chi connectivity index (χ0) is 15.1. The molecule has 1 heterocycles. The van der Waals surface area contributed by atoms with Crippen LogP contribution in [-0.4, -0.2) is 9.67 Å². The van der Waals surface area contributed by atoms with E-state index in [2.05, 4.69) is 22.8 Å². The molecular formula is C19H14ClNO. The highest BCUT2D eigenvalue weighted by Crippen LogP contribution is 2.39. The SMILES string of the molecule is Oc1c(Cl)ccc2c1c1ccccc1n2Cc1ccccc1. The minimum atomic E-state index is 0.155. The summed E-state index contributed by atoms with van der Waals surface area (Å²) in [6, 6.07) is 22.1. The molecule has 3 heteroatoms. The van der Waals surface area contributed by atoms with Crippen molar-refractivity contribution >= 4 is 33.4 Å². The van der Waals surface area contributed by atoms with Gasteiger partial charge in [0.2, 0.25) is 0 Å². The van der Waals surface area contributed by atoms with Crippen molar-refractivity contribution in [3.8, 4) is 5.75 Å². The van der Waals surface area contributed by atoms with E-state index in [9.17, 15) is 5.11 Å². The summed E-state index contributed by atoms with van der Waals surface area (Å²) in [5.41, 5.74) is 3.31. The Balaban J connectivity index is 2.06. The number of aromatic hydroxyl groups is 1. The van der Waals surface area contributed by atoms with E-state index in [0.29, 0.717) is 5.02 Å². The van der Waals surface area contributed by atoms with Gasteiger partial charge in [0, 0.05) is 17.4 Å². The van der Waals surface area contributed by atoms with Crippen LogP contribution < -0.4 is 0 Å². The number of rotatable bonds is 2. The van der Waals surface area contributed by atoms with Crippen LogP contribution in [0.2, 0.25) is 5.02 Å². The molecule has 0 saturated heterocycles. The molecule has 0 atom stereocenters. The predicted octanol–water partition coefficient (Wildman–Crippen LogP) is 5.20. The van der Waals surface area contributed by atoms with Gasteiger partial charge in [-0.05, 0) is 23.8 Å². The molecule has 108 valence electrons. The maximum Gasteiger partial charge on any atom is 0.144 e. The first kappa shape index (κ1) is 13.2. The Labute approximate surface area is 133 Å². The zero-order valence-electron chi connectivity index (χ0n) is 11.8. The summed E-state index contributed by atoms with van der Waals surface area (Å²) in [5, 5.41) is 12.6. The molecule has 1 aromatic heterocycles. The van der Waals surface area contributed by atoms with Gasteiger partial charge in [0.25, 0.3) is 0 Å². The molecule has 0 unspecified atom stereocenters. The van der Waals surface area contributed by atoms with Crippen LogP contribution in [0.25, 0.3) is 21.8 Å². The molecule has 0 amide bonds. The molecule has 0 aliphatic carbocycles. The Morgan fingerprint density at radius 2 is 1.55 bits per heavy atom. The second-order valence-electron chi connectivity index (χ2n) is 5.38. The third-order valence-corrected chi connectivity index (χ3v) is 4.35. The van der Waals surface area contributed by atoms with Crippen molar-refractivity contribution in [3.63, 3.8) is 0 Å². The fourth-order valence-electron chi connectivity index (χ4n) is 3.03. The first-order chi connectivity index (χ1) is 10.8. The van der Waals surface area contributed by atoms with E-state index in [1.807, 2.05) is 42.5 Å². The monoisotopic (exact) mass is 307 g/mol. The number of para-hydroxylation sites is 1. The number of halogens is 1. The first-order valence-electron chi connectivity index (χ1n) is 7.18. The van der Waals surface area contributed by atoms with Crippen LogP contribution in [0.15, 0.2) is 66.7 Å². The molecule has 2 nitrogen and oxygen atoms in total. The maximum atomic E-state index is 10.4. The van der Waals surface area contributed by atoms with Crippen LogP contribution in [0.1, 0.15) is 5.56 Å². The van der Waals surface area contributed by atoms with Gasteiger partial charge in [-0.2, -0.15) is 0 Å². The summed E-state index contributed by atoms with van der Waals surface area (Å²) in [6.07, 6.45) is 0. The molecule has 3 aromatic carbocycles. The molecule has 4 rings (SSSR count). The molecular weight excluding hydrogens is 294 g/mol. The van der Waals surface area contributed by atoms with E-state index < -0.39 is 0 Å². The number of phenolic OH excluding ortho intramolecular Hbond substituents is 1. The summed E-state index contributed by atoms with van der Waals surface area (Å²) >= 11 is 6.10. The van der Waals surface area contributed by atoms with Gasteiger partial charge in [-0.1, -0.05) is 60.1 Å². The van der Waals surface area contributed by atoms with Gasteiger partial charge in [-0.15, -0.1) is 0 Å². The minimum Gasteiger partial charge on any atom is -0.506 e. The Morgan fingerprint density at radius 1 is 0.818 bits per heavy atom. The average molecular weight is 308 g/mol. The molecule has 22 heavy (non-hydrogen) atoms. The van der Waals surface area contributed by atoms with Crippen molar-refractivity contribution in [1.82, 2.24) is 4.57 Å². The second-order valence-corrected chi connectivity index (χ2v) is 5.79. The molecule has 0 aliphatic rings. The van der Waals surface area contributed by atoms with E-state index in [0.717, 1.165) is 28.4 Å². The van der Waals surface area contributed by atoms with E-state index >= 15 is 0 Å². The van der Waals surface area contributed by atoms with Crippen LogP contribution >= 0.6 is 11.6 Å². The molecule has 4 aromatic rings. The van der Waals surface area contributed by atoms with E-state index in [1.165, 1.54) is 5.56 Å². The maximum absolute atomic E-state index is 10.4. The fourth-order valence-corrected chi connectivity index (χ4v) is 3.19. The third kappa shape index (κ3) is 1.96. The topological polar surface area (TPSA) is 25.2 Å². The molecule has 0 spiro atoms. The smallest absolute Gasteiger partial charge is 0.144 e. The molecule has 1 N–H and O–H groups in total. The number of benzene rings is 3. The average Bonchev–Trinajstić information content (AvgIpc) is 2.87. The van der Waals surface area contributed by atoms with Crippen molar-refractivity contribution in [2.24, 2.45) is 0 Å². The zero-order valence-corrected chi connectivity index (χ0v) is 12.6. The van der Waals surface area contributed by atoms with Crippen molar-refractivity contribution in [2.75, 3.05) is 0 Å². The van der Waals surface area contributed by atoms with Crippen molar-refractivity contribution in [2.45, 2.75) is 6.54 Å². The quantitative estimate of drug-likeness (QED) is 0.541. The van der Waals surface area contributed by atoms with Gasteiger partial charge in [0.1, 0.15) is 5.75 Å². The van der Waals surface area contributed by atoms with Crippen LogP contribution in [0.5, 0.6) is 5.75 Å². The molecule has 0 radical (unpaired) electrons. The summed E-state index contributed by atoms with van der Waals surface area (Å²) < 4.78 is 2.22. The lowest BCUT2D eigenvalue weighted by molar-refractivity contribution is 0.482. The second kappa shape index (κ2) is 5.08. The van der Waals surface area contributed by atoms with Gasteiger partial charge in [0.05, 0.1) is 15.9 Å². The predicted molar refractivity (Wildman–Crippen MR) is 91.7 cm³/mol. The standard InChI is InChI=1S/C19H14ClNO/c20-15-10-11-17-18(19(15)22)14-8-4-5-9-16(14)21(17)12-13-6-2-1-3-7-13/h1-11,22H,12H2. The lowest BCUT2D eigenvalue weighted by atomic mass is 10.1. The van der Waals surface area contributed by atoms with Crippen LogP contribution in [0.4, 0.5) is 0 Å². The van der Waals surface area contributed by atoms with Crippen molar-refractivity contribution in [1.29, 1.82) is 0 Å². The molecule has 0 bridgehead atoms. The number of phenols is 1. The van der Waals surface area contributed by atoms with E-state index in [1.54, 1.807) is 6.07 Å². The highest BCUT2D eigenvalue weighted by Gasteiger charge is 2.15. The van der Waals surface area contributed by atoms with Crippen LogP contribution in [0.3, 0.4) is 0 Å². The van der Waals surface area contributed by atoms with Crippen LogP contribution in [-0.2, 0) is 6.54 Å². The highest BCUT2D eigenvalue weighted by atomic mass is 35.5. The van der Waals surface area contributed by atoms with E-state index in [4.69, 9.17) is 11.6 Å². The number of aromatic nitrogens is 1. The van der Waals surface area contributed by atoms with Gasteiger partial charge < -0.3 is 9.67 Å². The summed E-state index contributed by atoms with van der Waals surface area (Å²) in [6.45, 7) is 0.756. The lowest BCUT2D eigenvalue weighted by Crippen LogP contribution is -1.98. The van der Waals surface area contributed by atoms with Crippen molar-refractivity contribution in [3.05, 3.63) is 77.3 Å². The minimum absolute atomic E-state index is 0.155. The van der Waals surface area contributed by atoms with Gasteiger partial charge in [-0.3, -0.25) is 0 Å². The number of nitrogens with zero attached hydrogens (tertiary/aromatic N) is 1. The molecule has 0 fully saturated rings. The largest absolute Gasteiger partial charge is 0.506 e. The number of hydrogen-bond donors (Lipinski definition) is 1. The summed E-state index contributed by atoms with van der Waals surface area (Å²) in [5.74, 6) is 0.155. The Hall–Kier alpha value is -2.45. The highest BCUT2D eigenvalue weighted by molar-refractivity contribution is 6.34. The Kier molecular flexibility index (Phi) is 3.05. The van der Waals surface area contributed by atoms with E-state index in [-0.39, 0.29) is 5.75 Å². The summed E-state index contributed by atoms with van der Waals surface area (Å²) in [7, 11) is 0. The lowest BCUT2D eigenvalue weighted by Gasteiger charge is -2.08. The Bertz CT molecular complexity index is 973. The number of hydrogen-bond acceptors (Lipinski definition) is 1. The molecule has 0 aliphatic heterocycles. The fraction of sp³-hybridized carbons (Fsp3) is 0.0526. The van der Waals surface area contributed by atoms with Gasteiger partial charge >= 0.3 is 0 Å². The van der Waals surface area contributed by atoms with Gasteiger partial charge in [-0.25, -0.2) is 0 Å². The van der Waals surface area contributed by atoms with Gasteiger partial charge in [0.15, 0.2) is 0 Å².